The van der Waals surface area contributed by atoms with E-state index in [2.05, 4.69) is 48.3 Å². The molecule has 0 saturated carbocycles. The molecule has 3 unspecified atom stereocenters. The molecule has 0 spiro atoms. The molecule has 1 fully saturated rings. The third-order valence-electron chi connectivity index (χ3n) is 8.35. The molecular formula is C29H52N7O16P3S. The van der Waals surface area contributed by atoms with Crippen molar-refractivity contribution in [3.8, 4) is 0 Å². The number of imidazole rings is 1. The number of phosphoric acid groups is 3. The van der Waals surface area contributed by atoms with Crippen molar-refractivity contribution in [3.05, 3.63) is 12.7 Å². The van der Waals surface area contributed by atoms with E-state index in [1.165, 1.54) is 13.8 Å². The summed E-state index contributed by atoms with van der Waals surface area (Å²) in [7, 11) is -16.3. The molecule has 3 heterocycles. The molecule has 2 aromatic rings. The van der Waals surface area contributed by atoms with Gasteiger partial charge < -0.3 is 50.9 Å². The molecule has 56 heavy (non-hydrogen) atoms. The summed E-state index contributed by atoms with van der Waals surface area (Å²) in [5.41, 5.74) is 4.33. The van der Waals surface area contributed by atoms with Gasteiger partial charge in [-0.2, -0.15) is 16.1 Å². The maximum absolute atomic E-state index is 12.7. The van der Waals surface area contributed by atoms with E-state index in [1.807, 2.05) is 11.8 Å². The fourth-order valence-corrected chi connectivity index (χ4v) is 9.54. The Morgan fingerprint density at radius 2 is 1.73 bits per heavy atom. The topological polar surface area (TPSA) is 347 Å². The van der Waals surface area contributed by atoms with Crippen LogP contribution >= 0.6 is 35.2 Å². The second kappa shape index (κ2) is 21.2. The molecule has 0 aliphatic carbocycles. The summed E-state index contributed by atoms with van der Waals surface area (Å²) in [5.74, 6) is -0.504. The zero-order valence-corrected chi connectivity index (χ0v) is 34.8. The number of nitrogen functional groups attached to an aromatic ring is 1. The molecule has 0 radical (unpaired) electrons. The number of hydrogen-bond acceptors (Lipinski definition) is 17. The molecule has 1 saturated heterocycles. The molecular weight excluding hydrogens is 827 g/mol. The number of hydrogen-bond donors (Lipinski definition) is 9. The lowest BCUT2D eigenvalue weighted by Gasteiger charge is -2.30. The average Bonchev–Trinajstić information content (AvgIpc) is 3.66. The minimum absolute atomic E-state index is 0.0332. The standard InChI is InChI=1S/C29H52N7O16P3S/c1-5-7-9-18(8-6-2)56-13-12-31-20(37)10-11-32-27(40)24(39)29(3,4)15-49-55(46,47)52-54(44,45)48-14-19-23(51-53(41,42)43)22(38)28(50-19)36-17-35-21-25(30)33-16-34-26(21)36/h16-19,22-24,28,38-39H,5-15H2,1-4H3,(H,31,37)(H,32,40)(H,44,45)(H,46,47)(H2,30,33,34)(H2,41,42,43)/t18?,19-,22-,23-,24+,28-/m1/s1. The minimum Gasteiger partial charge on any atom is -0.386 e. The maximum Gasteiger partial charge on any atom is 0.481 e. The normalized spacial score (nSPS) is 22.3. The molecule has 0 bridgehead atoms. The van der Waals surface area contributed by atoms with Gasteiger partial charge in [0.1, 0.15) is 36.3 Å². The number of nitrogens with zero attached hydrogens (tertiary/aromatic N) is 4. The van der Waals surface area contributed by atoms with E-state index in [9.17, 15) is 53.1 Å². The smallest absolute Gasteiger partial charge is 0.386 e. The number of nitrogens with two attached hydrogens (primary N) is 1. The number of aliphatic hydroxyl groups is 2. The van der Waals surface area contributed by atoms with Crippen molar-refractivity contribution in [2.45, 2.75) is 102 Å². The summed E-state index contributed by atoms with van der Waals surface area (Å²) in [6, 6.07) is 0. The monoisotopic (exact) mass is 879 g/mol. The number of aliphatic hydroxyl groups excluding tert-OH is 2. The average molecular weight is 880 g/mol. The van der Waals surface area contributed by atoms with Gasteiger partial charge >= 0.3 is 23.5 Å². The highest BCUT2D eigenvalue weighted by molar-refractivity contribution is 7.99. The van der Waals surface area contributed by atoms with Crippen LogP contribution in [0, 0.1) is 5.41 Å². The van der Waals surface area contributed by atoms with E-state index < -0.39 is 78.6 Å². The van der Waals surface area contributed by atoms with E-state index in [0.29, 0.717) is 11.8 Å². The van der Waals surface area contributed by atoms with Crippen LogP contribution in [0.4, 0.5) is 5.82 Å². The number of fused-ring (bicyclic) bond motifs is 1. The van der Waals surface area contributed by atoms with Crippen LogP contribution in [0.2, 0.25) is 0 Å². The maximum atomic E-state index is 12.7. The van der Waals surface area contributed by atoms with Crippen molar-refractivity contribution >= 4 is 64.0 Å². The SMILES string of the molecule is CCCCC(CCC)SCCNC(=O)CCNC(=O)[C@H](O)C(C)(C)COP(=O)(O)OP(=O)(O)OC[C@H]1O[C@@H](n2cnc3c(N)ncnc32)[C@H](O)[C@@H]1OP(=O)(O)O. The molecule has 2 amide bonds. The number of amides is 2. The third-order valence-corrected chi connectivity index (χ3v) is 12.8. The Morgan fingerprint density at radius 1 is 1.04 bits per heavy atom. The lowest BCUT2D eigenvalue weighted by atomic mass is 9.87. The van der Waals surface area contributed by atoms with Gasteiger partial charge in [0.05, 0.1) is 19.5 Å². The van der Waals surface area contributed by atoms with Crippen molar-refractivity contribution in [2.75, 3.05) is 37.8 Å². The minimum atomic E-state index is -5.55. The molecule has 27 heteroatoms. The van der Waals surface area contributed by atoms with Crippen molar-refractivity contribution in [1.82, 2.24) is 30.2 Å². The lowest BCUT2D eigenvalue weighted by Crippen LogP contribution is -2.46. The number of aromatic nitrogens is 4. The highest BCUT2D eigenvalue weighted by atomic mass is 32.2. The first-order valence-electron chi connectivity index (χ1n) is 17.6. The fourth-order valence-electron chi connectivity index (χ4n) is 5.42. The van der Waals surface area contributed by atoms with Gasteiger partial charge in [-0.3, -0.25) is 27.7 Å². The van der Waals surface area contributed by atoms with Crippen LogP contribution in [0.15, 0.2) is 12.7 Å². The lowest BCUT2D eigenvalue weighted by molar-refractivity contribution is -0.137. The van der Waals surface area contributed by atoms with Crippen LogP contribution < -0.4 is 16.4 Å². The zero-order valence-electron chi connectivity index (χ0n) is 31.3. The molecule has 3 rings (SSSR count). The number of carbonyl (C=O) groups is 2. The first-order chi connectivity index (χ1) is 26.1. The Hall–Kier alpha value is -2.11. The molecule has 0 aromatic carbocycles. The molecule has 2 aromatic heterocycles. The van der Waals surface area contributed by atoms with Crippen LogP contribution in [0.5, 0.6) is 0 Å². The third kappa shape index (κ3) is 14.9. The Morgan fingerprint density at radius 3 is 2.39 bits per heavy atom. The Balaban J connectivity index is 1.49. The van der Waals surface area contributed by atoms with E-state index in [-0.39, 0.29) is 35.9 Å². The van der Waals surface area contributed by atoms with Crippen molar-refractivity contribution in [2.24, 2.45) is 5.41 Å². The van der Waals surface area contributed by atoms with Crippen LogP contribution in [0.3, 0.4) is 0 Å². The quantitative estimate of drug-likeness (QED) is 0.0504. The van der Waals surface area contributed by atoms with Gasteiger partial charge in [-0.25, -0.2) is 28.6 Å². The summed E-state index contributed by atoms with van der Waals surface area (Å²) < 4.78 is 62.3. The van der Waals surface area contributed by atoms with Crippen molar-refractivity contribution < 1.29 is 75.7 Å². The van der Waals surface area contributed by atoms with Crippen molar-refractivity contribution in [1.29, 1.82) is 0 Å². The highest BCUT2D eigenvalue weighted by Crippen LogP contribution is 2.61. The first kappa shape index (κ1) is 48.3. The second-order valence-electron chi connectivity index (χ2n) is 13.5. The molecule has 23 nitrogen and oxygen atoms in total. The number of unbranched alkanes of at least 4 members (excludes halogenated alkanes) is 1. The predicted octanol–water partition coefficient (Wildman–Crippen LogP) is 1.50. The van der Waals surface area contributed by atoms with Gasteiger partial charge in [0.2, 0.25) is 11.8 Å². The number of thioether (sulfide) groups is 1. The summed E-state index contributed by atoms with van der Waals surface area (Å²) >= 11 is 1.82. The van der Waals surface area contributed by atoms with Crippen LogP contribution in [0.1, 0.15) is 72.4 Å². The van der Waals surface area contributed by atoms with Gasteiger partial charge in [0.25, 0.3) is 0 Å². The Bertz CT molecular complexity index is 1750. The van der Waals surface area contributed by atoms with Gasteiger partial charge in [0, 0.05) is 35.9 Å². The van der Waals surface area contributed by atoms with E-state index in [1.54, 1.807) is 0 Å². The van der Waals surface area contributed by atoms with Gasteiger partial charge in [-0.15, -0.1) is 0 Å². The molecule has 320 valence electrons. The number of phosphoric ester groups is 3. The van der Waals surface area contributed by atoms with E-state index in [4.69, 9.17) is 19.5 Å². The summed E-state index contributed by atoms with van der Waals surface area (Å²) in [6.45, 7) is 5.24. The Labute approximate surface area is 327 Å². The number of rotatable bonds is 25. The predicted molar refractivity (Wildman–Crippen MR) is 200 cm³/mol. The van der Waals surface area contributed by atoms with Crippen LogP contribution in [0.25, 0.3) is 11.2 Å². The summed E-state index contributed by atoms with van der Waals surface area (Å²) in [6.07, 6.45) is -1.08. The molecule has 8 atom stereocenters. The highest BCUT2D eigenvalue weighted by Gasteiger charge is 2.50. The summed E-state index contributed by atoms with van der Waals surface area (Å²) in [5, 5.41) is 27.2. The Kier molecular flexibility index (Phi) is 18.3. The van der Waals surface area contributed by atoms with Crippen molar-refractivity contribution in [3.63, 3.8) is 0 Å². The van der Waals surface area contributed by atoms with E-state index >= 15 is 0 Å². The molecule has 10 N–H and O–H groups in total. The van der Waals surface area contributed by atoms with Crippen LogP contribution in [-0.2, 0) is 45.9 Å². The fraction of sp³-hybridized carbons (Fsp3) is 0.759. The molecule has 1 aliphatic rings. The zero-order chi connectivity index (χ0) is 41.9. The largest absolute Gasteiger partial charge is 0.481 e. The summed E-state index contributed by atoms with van der Waals surface area (Å²) in [4.78, 5) is 75.9. The second-order valence-corrected chi connectivity index (χ2v) is 19.1. The number of carbonyl (C=O) groups excluding carboxylic acids is 2. The van der Waals surface area contributed by atoms with Gasteiger partial charge in [-0.05, 0) is 12.8 Å². The number of nitrogens with one attached hydrogen (secondary N) is 2. The number of ether oxygens (including phenoxy) is 1. The van der Waals surface area contributed by atoms with E-state index in [0.717, 1.165) is 55.1 Å². The number of anilines is 1. The van der Waals surface area contributed by atoms with Gasteiger partial charge in [0.15, 0.2) is 17.7 Å². The van der Waals surface area contributed by atoms with Crippen LogP contribution in [-0.4, -0.2) is 123 Å². The molecule has 1 aliphatic heterocycles. The van der Waals surface area contributed by atoms with Gasteiger partial charge in [-0.1, -0.05) is 47.0 Å². The first-order valence-corrected chi connectivity index (χ1v) is 23.2.